The SMILES string of the molecule is C=C[CH2-].[C-]1=CC=CC1.[Cl-].[Cl-].[Zr+4]. The van der Waals surface area contributed by atoms with Gasteiger partial charge in [0.25, 0.3) is 0 Å². The van der Waals surface area contributed by atoms with E-state index < -0.39 is 0 Å². The Balaban J connectivity index is -0.0000000379. The van der Waals surface area contributed by atoms with E-state index in [1.54, 1.807) is 0 Å². The van der Waals surface area contributed by atoms with Crippen LogP contribution in [0, 0.1) is 13.0 Å². The molecule has 0 saturated heterocycles. The molecular formula is C8H10Cl2Zr. The summed E-state index contributed by atoms with van der Waals surface area (Å²) in [4.78, 5) is 0. The average molecular weight is 268 g/mol. The normalized spacial score (nSPS) is 9.09. The van der Waals surface area contributed by atoms with Crippen LogP contribution in [0.4, 0.5) is 0 Å². The molecule has 1 aliphatic carbocycles. The van der Waals surface area contributed by atoms with Crippen LogP contribution in [0.2, 0.25) is 0 Å². The predicted molar refractivity (Wildman–Crippen MR) is 37.1 cm³/mol. The second-order valence-electron chi connectivity index (χ2n) is 1.29. The Labute approximate surface area is 101 Å². The van der Waals surface area contributed by atoms with Gasteiger partial charge in [-0.2, -0.15) is 6.08 Å². The summed E-state index contributed by atoms with van der Waals surface area (Å²) >= 11 is 0. The minimum atomic E-state index is 0. The number of hydrogen-bond donors (Lipinski definition) is 0. The van der Waals surface area contributed by atoms with Crippen molar-refractivity contribution < 1.29 is 51.0 Å². The van der Waals surface area contributed by atoms with Crippen LogP contribution in [-0.2, 0) is 26.2 Å². The van der Waals surface area contributed by atoms with Crippen LogP contribution in [0.1, 0.15) is 6.42 Å². The Morgan fingerprint density at radius 3 is 2.00 bits per heavy atom. The molecule has 0 aromatic carbocycles. The van der Waals surface area contributed by atoms with E-state index in [1.165, 1.54) is 6.08 Å². The monoisotopic (exact) mass is 266 g/mol. The molecular weight excluding hydrogens is 258 g/mol. The van der Waals surface area contributed by atoms with Gasteiger partial charge in [0.15, 0.2) is 0 Å². The van der Waals surface area contributed by atoms with Crippen LogP contribution in [0.3, 0.4) is 0 Å². The molecule has 1 aliphatic rings. The van der Waals surface area contributed by atoms with E-state index in [0.29, 0.717) is 0 Å². The van der Waals surface area contributed by atoms with Gasteiger partial charge >= 0.3 is 26.2 Å². The second kappa shape index (κ2) is 22.4. The van der Waals surface area contributed by atoms with Gasteiger partial charge in [-0.05, 0) is 0 Å². The number of allylic oxidation sites excluding steroid dienone is 5. The summed E-state index contributed by atoms with van der Waals surface area (Å²) in [6.45, 7) is 6.50. The van der Waals surface area contributed by atoms with E-state index in [2.05, 4.69) is 25.7 Å². The quantitative estimate of drug-likeness (QED) is 0.397. The molecule has 0 amide bonds. The summed E-state index contributed by atoms with van der Waals surface area (Å²) in [5, 5.41) is 0. The first kappa shape index (κ1) is 22.6. The third kappa shape index (κ3) is 25.0. The maximum Gasteiger partial charge on any atom is 4.00 e. The van der Waals surface area contributed by atoms with Gasteiger partial charge in [0, 0.05) is 0 Å². The smallest absolute Gasteiger partial charge is 1.00 e. The summed E-state index contributed by atoms with van der Waals surface area (Å²) in [5.41, 5.74) is 0. The molecule has 60 valence electrons. The van der Waals surface area contributed by atoms with Crippen molar-refractivity contribution in [1.82, 2.24) is 0 Å². The maximum atomic E-state index is 3.25. The predicted octanol–water partition coefficient (Wildman–Crippen LogP) is -3.68. The van der Waals surface area contributed by atoms with Gasteiger partial charge in [0.1, 0.15) is 0 Å². The molecule has 0 saturated carbocycles. The molecule has 0 aliphatic heterocycles. The third-order valence-corrected chi connectivity index (χ3v) is 0.586. The molecule has 0 aromatic rings. The summed E-state index contributed by atoms with van der Waals surface area (Å²) in [7, 11) is 0. The Morgan fingerprint density at radius 2 is 1.91 bits per heavy atom. The van der Waals surface area contributed by atoms with Crippen molar-refractivity contribution in [1.29, 1.82) is 0 Å². The van der Waals surface area contributed by atoms with Crippen molar-refractivity contribution in [2.45, 2.75) is 6.42 Å². The molecule has 11 heavy (non-hydrogen) atoms. The molecule has 0 bridgehead atoms. The largest absolute Gasteiger partial charge is 4.00 e. The molecule has 0 unspecified atom stereocenters. The fourth-order valence-electron chi connectivity index (χ4n) is 0.340. The van der Waals surface area contributed by atoms with Gasteiger partial charge in [0.2, 0.25) is 0 Å². The van der Waals surface area contributed by atoms with Gasteiger partial charge in [-0.15, -0.1) is 6.42 Å². The van der Waals surface area contributed by atoms with Gasteiger partial charge in [-0.25, -0.2) is 31.7 Å². The zero-order valence-electron chi connectivity index (χ0n) is 6.19. The van der Waals surface area contributed by atoms with Crippen molar-refractivity contribution in [2.24, 2.45) is 0 Å². The number of halogens is 2. The fourth-order valence-corrected chi connectivity index (χ4v) is 0.340. The van der Waals surface area contributed by atoms with Crippen LogP contribution >= 0.6 is 0 Å². The minimum Gasteiger partial charge on any atom is -1.00 e. The van der Waals surface area contributed by atoms with E-state index in [4.69, 9.17) is 0 Å². The van der Waals surface area contributed by atoms with Crippen LogP contribution < -0.4 is 24.8 Å². The van der Waals surface area contributed by atoms with E-state index in [-0.39, 0.29) is 51.0 Å². The van der Waals surface area contributed by atoms with Gasteiger partial charge < -0.3 is 24.8 Å². The molecule has 0 heterocycles. The molecule has 0 fully saturated rings. The van der Waals surface area contributed by atoms with E-state index in [9.17, 15) is 0 Å². The molecule has 0 radical (unpaired) electrons. The Bertz CT molecular complexity index is 98.7. The van der Waals surface area contributed by atoms with Crippen molar-refractivity contribution in [3.8, 4) is 0 Å². The Morgan fingerprint density at radius 1 is 1.45 bits per heavy atom. The minimum absolute atomic E-state index is 0. The van der Waals surface area contributed by atoms with Crippen LogP contribution in [-0.4, -0.2) is 0 Å². The average Bonchev–Trinajstić information content (AvgIpc) is 2.17. The fraction of sp³-hybridized carbons (Fsp3) is 0.125. The first-order valence-corrected chi connectivity index (χ1v) is 2.53. The van der Waals surface area contributed by atoms with Gasteiger partial charge in [-0.3, -0.25) is 6.08 Å². The molecule has 3 heteroatoms. The zero-order valence-corrected chi connectivity index (χ0v) is 10.2. The van der Waals surface area contributed by atoms with Gasteiger partial charge in [-0.1, -0.05) is 0 Å². The summed E-state index contributed by atoms with van der Waals surface area (Å²) in [6, 6.07) is 0. The van der Waals surface area contributed by atoms with E-state index >= 15 is 0 Å². The summed E-state index contributed by atoms with van der Waals surface area (Å²) < 4.78 is 0. The van der Waals surface area contributed by atoms with E-state index in [0.717, 1.165) is 6.42 Å². The first-order chi connectivity index (χ1) is 3.91. The molecule has 0 nitrogen and oxygen atoms in total. The molecule has 0 atom stereocenters. The van der Waals surface area contributed by atoms with E-state index in [1.807, 2.05) is 12.2 Å². The van der Waals surface area contributed by atoms with Crippen LogP contribution in [0.5, 0.6) is 0 Å². The van der Waals surface area contributed by atoms with Gasteiger partial charge in [0.05, 0.1) is 0 Å². The summed E-state index contributed by atoms with van der Waals surface area (Å²) in [6.07, 6.45) is 11.5. The molecule has 0 aromatic heterocycles. The standard InChI is InChI=1S/C5H5.C3H5.2ClH.Zr/c1-2-4-5-3-1;1-3-2;;;/h1-3H,4H2;3H,1-2H2;2*1H;/q2*-1;;;+4/p-2. The van der Waals surface area contributed by atoms with Crippen molar-refractivity contribution in [3.05, 3.63) is 43.9 Å². The number of hydrogen-bond acceptors (Lipinski definition) is 0. The van der Waals surface area contributed by atoms with Crippen LogP contribution in [0.15, 0.2) is 30.9 Å². The third-order valence-electron chi connectivity index (χ3n) is 0.586. The molecule has 1 rings (SSSR count). The number of rotatable bonds is 0. The van der Waals surface area contributed by atoms with Crippen LogP contribution in [0.25, 0.3) is 0 Å². The topological polar surface area (TPSA) is 0 Å². The first-order valence-electron chi connectivity index (χ1n) is 2.53. The second-order valence-corrected chi connectivity index (χ2v) is 1.29. The van der Waals surface area contributed by atoms with Crippen molar-refractivity contribution in [2.75, 3.05) is 0 Å². The van der Waals surface area contributed by atoms with Crippen molar-refractivity contribution >= 4 is 0 Å². The van der Waals surface area contributed by atoms with Crippen molar-refractivity contribution in [3.63, 3.8) is 0 Å². The Kier molecular flexibility index (Phi) is 46.0. The Hall–Kier alpha value is 0.553. The zero-order chi connectivity index (χ0) is 6.24. The molecule has 0 N–H and O–H groups in total. The molecule has 0 spiro atoms. The summed E-state index contributed by atoms with van der Waals surface area (Å²) in [5.74, 6) is 0. The maximum absolute atomic E-state index is 3.25.